The molecule has 0 saturated carbocycles. The maximum Gasteiger partial charge on any atom is 0.254 e. The van der Waals surface area contributed by atoms with Crippen molar-refractivity contribution in [3.63, 3.8) is 0 Å². The van der Waals surface area contributed by atoms with E-state index >= 15 is 0 Å². The van der Waals surface area contributed by atoms with Crippen LogP contribution in [-0.2, 0) is 6.54 Å². The summed E-state index contributed by atoms with van der Waals surface area (Å²) in [5.41, 5.74) is -0.941. The molecule has 2 N–H and O–H groups in total. The molecule has 6 nitrogen and oxygen atoms in total. The van der Waals surface area contributed by atoms with Crippen molar-refractivity contribution in [1.29, 1.82) is 0 Å². The molecule has 0 aliphatic heterocycles. The van der Waals surface area contributed by atoms with Crippen LogP contribution in [0.2, 0.25) is 0 Å². The fourth-order valence-corrected chi connectivity index (χ4v) is 1.56. The number of benzene rings is 1. The Hall–Kier alpha value is -2.65. The van der Waals surface area contributed by atoms with Crippen molar-refractivity contribution in [1.82, 2.24) is 20.5 Å². The zero-order chi connectivity index (χ0) is 16.4. The standard InChI is InChI=1S/C12H11F4N5O/c1-21(2)12-18-7(19-20-12)4-17-11(22)5-3-6(13)9(15)10(16)8(5)14/h3H,4H2,1-2H3,(H,17,22)(H,18,19,20). The summed E-state index contributed by atoms with van der Waals surface area (Å²) in [6, 6.07) is 0.286. The van der Waals surface area contributed by atoms with E-state index in [-0.39, 0.29) is 18.4 Å². The number of hydrogen-bond acceptors (Lipinski definition) is 4. The maximum atomic E-state index is 13.4. The molecule has 0 saturated heterocycles. The van der Waals surface area contributed by atoms with Crippen molar-refractivity contribution in [3.8, 4) is 0 Å². The molecule has 1 aromatic carbocycles. The van der Waals surface area contributed by atoms with Crippen molar-refractivity contribution in [3.05, 3.63) is 40.7 Å². The summed E-state index contributed by atoms with van der Waals surface area (Å²) in [6.07, 6.45) is 0. The molecule has 10 heteroatoms. The highest BCUT2D eigenvalue weighted by Crippen LogP contribution is 2.18. The quantitative estimate of drug-likeness (QED) is 0.507. The van der Waals surface area contributed by atoms with Crippen LogP contribution in [-0.4, -0.2) is 35.2 Å². The van der Waals surface area contributed by atoms with E-state index in [1.165, 1.54) is 0 Å². The molecule has 2 aromatic rings. The molecule has 1 aromatic heterocycles. The van der Waals surface area contributed by atoms with Crippen LogP contribution in [0.5, 0.6) is 0 Å². The van der Waals surface area contributed by atoms with Gasteiger partial charge in [0, 0.05) is 14.1 Å². The first-order valence-electron chi connectivity index (χ1n) is 6.01. The first kappa shape index (κ1) is 15.7. The van der Waals surface area contributed by atoms with E-state index in [0.29, 0.717) is 5.95 Å². The topological polar surface area (TPSA) is 73.9 Å². The van der Waals surface area contributed by atoms with Gasteiger partial charge in [0.1, 0.15) is 5.82 Å². The highest BCUT2D eigenvalue weighted by Gasteiger charge is 2.23. The van der Waals surface area contributed by atoms with Crippen molar-refractivity contribution in [2.24, 2.45) is 0 Å². The molecule has 0 aliphatic carbocycles. The van der Waals surface area contributed by atoms with Gasteiger partial charge in [-0.15, -0.1) is 5.10 Å². The van der Waals surface area contributed by atoms with Crippen LogP contribution in [0.3, 0.4) is 0 Å². The van der Waals surface area contributed by atoms with Crippen LogP contribution in [0, 0.1) is 23.3 Å². The van der Waals surface area contributed by atoms with E-state index in [1.807, 2.05) is 0 Å². The lowest BCUT2D eigenvalue weighted by molar-refractivity contribution is 0.0943. The fourth-order valence-electron chi connectivity index (χ4n) is 1.56. The van der Waals surface area contributed by atoms with Gasteiger partial charge in [-0.25, -0.2) is 17.6 Å². The summed E-state index contributed by atoms with van der Waals surface area (Å²) in [6.45, 7) is -0.181. The summed E-state index contributed by atoms with van der Waals surface area (Å²) < 4.78 is 52.4. The Morgan fingerprint density at radius 3 is 2.50 bits per heavy atom. The smallest absolute Gasteiger partial charge is 0.254 e. The summed E-state index contributed by atoms with van der Waals surface area (Å²) >= 11 is 0. The number of carbonyl (C=O) groups is 1. The summed E-state index contributed by atoms with van der Waals surface area (Å²) in [5, 5.41) is 8.53. The molecule has 0 atom stereocenters. The summed E-state index contributed by atoms with van der Waals surface area (Å²) in [4.78, 5) is 17.3. The number of halogens is 4. The maximum absolute atomic E-state index is 13.4. The van der Waals surface area contributed by atoms with Gasteiger partial charge in [-0.05, 0) is 6.07 Å². The van der Waals surface area contributed by atoms with Gasteiger partial charge in [-0.1, -0.05) is 0 Å². The Labute approximate surface area is 122 Å². The van der Waals surface area contributed by atoms with E-state index in [0.717, 1.165) is 0 Å². The van der Waals surface area contributed by atoms with Crippen LogP contribution in [0.1, 0.15) is 16.2 Å². The Morgan fingerprint density at radius 2 is 1.91 bits per heavy atom. The molecule has 0 spiro atoms. The third kappa shape index (κ3) is 3.00. The number of nitrogens with one attached hydrogen (secondary N) is 2. The number of H-pyrrole nitrogens is 1. The minimum atomic E-state index is -2.04. The van der Waals surface area contributed by atoms with Gasteiger partial charge in [-0.2, -0.15) is 4.98 Å². The zero-order valence-corrected chi connectivity index (χ0v) is 11.5. The van der Waals surface area contributed by atoms with Gasteiger partial charge < -0.3 is 10.2 Å². The van der Waals surface area contributed by atoms with E-state index in [1.54, 1.807) is 19.0 Å². The van der Waals surface area contributed by atoms with Gasteiger partial charge in [-0.3, -0.25) is 9.89 Å². The van der Waals surface area contributed by atoms with Crippen molar-refractivity contribution < 1.29 is 22.4 Å². The molecule has 0 aliphatic rings. The normalized spacial score (nSPS) is 10.6. The molecule has 118 valence electrons. The number of aromatic nitrogens is 3. The Balaban J connectivity index is 2.12. The molecule has 0 bridgehead atoms. The van der Waals surface area contributed by atoms with Crippen LogP contribution >= 0.6 is 0 Å². The molecular formula is C12H11F4N5O. The number of nitrogens with zero attached hydrogens (tertiary/aromatic N) is 3. The number of carbonyl (C=O) groups excluding carboxylic acids is 1. The SMILES string of the molecule is CN(C)c1n[nH]c(CNC(=O)c2cc(F)c(F)c(F)c2F)n1. The van der Waals surface area contributed by atoms with Gasteiger partial charge in [0.2, 0.25) is 5.95 Å². The molecule has 2 rings (SSSR count). The van der Waals surface area contributed by atoms with Gasteiger partial charge in [0.05, 0.1) is 12.1 Å². The van der Waals surface area contributed by atoms with Crippen molar-refractivity contribution >= 4 is 11.9 Å². The minimum Gasteiger partial charge on any atom is -0.346 e. The number of rotatable bonds is 4. The van der Waals surface area contributed by atoms with Gasteiger partial charge >= 0.3 is 0 Å². The second-order valence-electron chi connectivity index (χ2n) is 4.51. The van der Waals surface area contributed by atoms with Crippen LogP contribution in [0.25, 0.3) is 0 Å². The second kappa shape index (κ2) is 6.00. The summed E-state index contributed by atoms with van der Waals surface area (Å²) in [7, 11) is 3.40. The Morgan fingerprint density at radius 1 is 1.23 bits per heavy atom. The van der Waals surface area contributed by atoms with E-state index in [2.05, 4.69) is 20.5 Å². The lowest BCUT2D eigenvalue weighted by Crippen LogP contribution is -2.25. The molecule has 1 heterocycles. The molecule has 0 unspecified atom stereocenters. The largest absolute Gasteiger partial charge is 0.346 e. The van der Waals surface area contributed by atoms with Crippen molar-refractivity contribution in [2.75, 3.05) is 19.0 Å². The van der Waals surface area contributed by atoms with E-state index in [4.69, 9.17) is 0 Å². The fraction of sp³-hybridized carbons (Fsp3) is 0.250. The molecule has 0 radical (unpaired) electrons. The molecule has 1 amide bonds. The van der Waals surface area contributed by atoms with E-state index < -0.39 is 34.7 Å². The number of anilines is 1. The molecular weight excluding hydrogens is 306 g/mol. The van der Waals surface area contributed by atoms with Gasteiger partial charge in [0.25, 0.3) is 5.91 Å². The predicted molar refractivity (Wildman–Crippen MR) is 68.2 cm³/mol. The monoisotopic (exact) mass is 317 g/mol. The summed E-state index contributed by atoms with van der Waals surface area (Å²) in [5.74, 6) is -7.94. The molecule has 0 fully saturated rings. The van der Waals surface area contributed by atoms with Crippen molar-refractivity contribution in [2.45, 2.75) is 6.54 Å². The highest BCUT2D eigenvalue weighted by atomic mass is 19.2. The van der Waals surface area contributed by atoms with Crippen LogP contribution < -0.4 is 10.2 Å². The molecule has 22 heavy (non-hydrogen) atoms. The van der Waals surface area contributed by atoms with Crippen LogP contribution in [0.15, 0.2) is 6.07 Å². The first-order valence-corrected chi connectivity index (χ1v) is 6.01. The van der Waals surface area contributed by atoms with E-state index in [9.17, 15) is 22.4 Å². The second-order valence-corrected chi connectivity index (χ2v) is 4.51. The van der Waals surface area contributed by atoms with Gasteiger partial charge in [0.15, 0.2) is 23.3 Å². The highest BCUT2D eigenvalue weighted by molar-refractivity contribution is 5.94. The number of hydrogen-bond donors (Lipinski definition) is 2. The Kier molecular flexibility index (Phi) is 4.29. The first-order chi connectivity index (χ1) is 10.3. The Bertz CT molecular complexity index is 716. The predicted octanol–water partition coefficient (Wildman–Crippen LogP) is 1.36. The number of aromatic amines is 1. The zero-order valence-electron chi connectivity index (χ0n) is 11.5. The average molecular weight is 317 g/mol. The number of amides is 1. The lowest BCUT2D eigenvalue weighted by Gasteiger charge is -2.06. The third-order valence-electron chi connectivity index (χ3n) is 2.68. The lowest BCUT2D eigenvalue weighted by atomic mass is 10.1. The third-order valence-corrected chi connectivity index (χ3v) is 2.68. The average Bonchev–Trinajstić information content (AvgIpc) is 2.95. The van der Waals surface area contributed by atoms with Crippen LogP contribution in [0.4, 0.5) is 23.5 Å². The minimum absolute atomic E-state index is 0.181.